The van der Waals surface area contributed by atoms with Gasteiger partial charge in [-0.1, -0.05) is 35.5 Å². The number of piperazine rings is 1. The Bertz CT molecular complexity index is 790. The van der Waals surface area contributed by atoms with E-state index in [1.165, 1.54) is 21.2 Å². The normalized spacial score (nSPS) is 16.8. The summed E-state index contributed by atoms with van der Waals surface area (Å²) >= 11 is 8.08. The van der Waals surface area contributed by atoms with Crippen molar-refractivity contribution in [3.05, 3.63) is 47.5 Å². The largest absolute Gasteiger partial charge is 0.378 e. The number of para-hydroxylation sites is 1. The van der Waals surface area contributed by atoms with Gasteiger partial charge in [-0.3, -0.25) is 4.90 Å². The Morgan fingerprint density at radius 2 is 1.72 bits per heavy atom. The average molecular weight is 477 g/mol. The second-order valence-corrected chi connectivity index (χ2v) is 8.62. The first-order valence-electron chi connectivity index (χ1n) is 9.69. The summed E-state index contributed by atoms with van der Waals surface area (Å²) in [6.07, 6.45) is 2.55. The molecule has 4 rings (SSSR count). The highest BCUT2D eigenvalue weighted by Gasteiger charge is 2.23. The number of fused-ring (bicyclic) bond motifs is 2. The summed E-state index contributed by atoms with van der Waals surface area (Å²) in [4.78, 5) is 7.09. The van der Waals surface area contributed by atoms with E-state index in [0.717, 1.165) is 57.0 Å². The molecule has 2 heterocycles. The van der Waals surface area contributed by atoms with Gasteiger partial charge < -0.3 is 15.3 Å². The van der Waals surface area contributed by atoms with Crippen LogP contribution in [0.1, 0.15) is 19.3 Å². The molecule has 2 aromatic rings. The van der Waals surface area contributed by atoms with Gasteiger partial charge >= 0.3 is 0 Å². The maximum absolute atomic E-state index is 10.4. The summed E-state index contributed by atoms with van der Waals surface area (Å²) in [5, 5.41) is 14.5. The van der Waals surface area contributed by atoms with E-state index >= 15 is 0 Å². The molecular weight excluding hydrogens is 449 g/mol. The van der Waals surface area contributed by atoms with Crippen LogP contribution >= 0.6 is 48.2 Å². The highest BCUT2D eigenvalue weighted by molar-refractivity contribution is 7.99. The van der Waals surface area contributed by atoms with E-state index in [1.54, 1.807) is 11.8 Å². The molecule has 0 aromatic heterocycles. The molecule has 160 valence electrons. The predicted octanol–water partition coefficient (Wildman–Crippen LogP) is 5.18. The van der Waals surface area contributed by atoms with Crippen LogP contribution in [0.15, 0.2) is 52.3 Å². The summed E-state index contributed by atoms with van der Waals surface area (Å²) < 4.78 is 0. The van der Waals surface area contributed by atoms with E-state index in [9.17, 15) is 5.11 Å². The molecule has 1 fully saturated rings. The second kappa shape index (κ2) is 11.7. The van der Waals surface area contributed by atoms with Crippen molar-refractivity contribution in [2.24, 2.45) is 0 Å². The third kappa shape index (κ3) is 5.95. The number of unbranched alkanes of at least 4 members (excludes halogenated alkanes) is 1. The zero-order valence-electron chi connectivity index (χ0n) is 16.2. The van der Waals surface area contributed by atoms with Crippen molar-refractivity contribution in [2.45, 2.75) is 35.3 Å². The lowest BCUT2D eigenvalue weighted by atomic mass is 10.1. The number of rotatable bonds is 6. The molecule has 1 saturated heterocycles. The molecule has 2 aliphatic heterocycles. The lowest BCUT2D eigenvalue weighted by Gasteiger charge is -2.33. The Labute approximate surface area is 194 Å². The van der Waals surface area contributed by atoms with Gasteiger partial charge in [0.2, 0.25) is 0 Å². The van der Waals surface area contributed by atoms with Crippen LogP contribution in [0.5, 0.6) is 0 Å². The van der Waals surface area contributed by atoms with Crippen LogP contribution < -0.4 is 10.2 Å². The summed E-state index contributed by atoms with van der Waals surface area (Å²) in [7, 11) is 0. The molecule has 0 saturated carbocycles. The third-order valence-electron chi connectivity index (χ3n) is 5.25. The smallest absolute Gasteiger partial charge is 0.107 e. The number of anilines is 2. The van der Waals surface area contributed by atoms with Gasteiger partial charge in [0.05, 0.1) is 11.4 Å². The van der Waals surface area contributed by atoms with Crippen molar-refractivity contribution in [1.29, 1.82) is 0 Å². The first kappa shape index (κ1) is 24.6. The standard InChI is InChI=1S/C21H26ClN3OS.2ClH/c22-16-8-9-20-18(15-16)25(17-5-1-2-6-19(17)27-20)12-4-3-7-21(26)24-13-10-23-11-14-24;;/h1-2,5-6,8-9,15,21,23,26H,3-4,7,10-14H2;2*1H. The van der Waals surface area contributed by atoms with E-state index in [1.807, 2.05) is 6.07 Å². The Hall–Kier alpha value is -0.660. The maximum Gasteiger partial charge on any atom is 0.107 e. The number of hydrogen-bond donors (Lipinski definition) is 2. The number of aliphatic hydroxyl groups excluding tert-OH is 1. The van der Waals surface area contributed by atoms with Crippen molar-refractivity contribution in [3.8, 4) is 0 Å². The number of nitrogens with zero attached hydrogens (tertiary/aromatic N) is 2. The number of halogens is 3. The van der Waals surface area contributed by atoms with Gasteiger partial charge in [0.25, 0.3) is 0 Å². The molecule has 0 amide bonds. The van der Waals surface area contributed by atoms with Crippen molar-refractivity contribution in [1.82, 2.24) is 10.2 Å². The van der Waals surface area contributed by atoms with Crippen LogP contribution in [0.3, 0.4) is 0 Å². The predicted molar refractivity (Wildman–Crippen MR) is 128 cm³/mol. The highest BCUT2D eigenvalue weighted by Crippen LogP contribution is 2.48. The Balaban J connectivity index is 0.00000150. The van der Waals surface area contributed by atoms with Gasteiger partial charge in [-0.2, -0.15) is 0 Å². The van der Waals surface area contributed by atoms with Crippen LogP contribution in [0, 0.1) is 0 Å². The molecule has 4 nitrogen and oxygen atoms in total. The van der Waals surface area contributed by atoms with Crippen LogP contribution in [-0.2, 0) is 0 Å². The molecule has 29 heavy (non-hydrogen) atoms. The summed E-state index contributed by atoms with van der Waals surface area (Å²) in [6.45, 7) is 4.74. The van der Waals surface area contributed by atoms with Crippen LogP contribution in [0.4, 0.5) is 11.4 Å². The lowest BCUT2D eigenvalue weighted by Crippen LogP contribution is -2.48. The van der Waals surface area contributed by atoms with Gasteiger partial charge in [-0.25, -0.2) is 0 Å². The molecule has 1 unspecified atom stereocenters. The molecule has 2 N–H and O–H groups in total. The highest BCUT2D eigenvalue weighted by atomic mass is 35.5. The maximum atomic E-state index is 10.4. The molecule has 1 atom stereocenters. The van der Waals surface area contributed by atoms with Crippen LogP contribution in [0.25, 0.3) is 0 Å². The van der Waals surface area contributed by atoms with E-state index < -0.39 is 0 Å². The molecule has 0 spiro atoms. The van der Waals surface area contributed by atoms with E-state index in [0.29, 0.717) is 0 Å². The summed E-state index contributed by atoms with van der Waals surface area (Å²) in [6, 6.07) is 14.7. The minimum absolute atomic E-state index is 0. The Kier molecular flexibility index (Phi) is 9.89. The zero-order chi connectivity index (χ0) is 18.6. The first-order valence-corrected chi connectivity index (χ1v) is 10.9. The summed E-state index contributed by atoms with van der Waals surface area (Å²) in [5.74, 6) is 0. The second-order valence-electron chi connectivity index (χ2n) is 7.10. The SMILES string of the molecule is Cl.Cl.OC(CCCCN1c2ccccc2Sc2ccc(Cl)cc21)N1CCNCC1. The molecule has 8 heteroatoms. The van der Waals surface area contributed by atoms with E-state index in [-0.39, 0.29) is 31.0 Å². The monoisotopic (exact) mass is 475 g/mol. The van der Waals surface area contributed by atoms with Gasteiger partial charge in [-0.15, -0.1) is 24.8 Å². The van der Waals surface area contributed by atoms with Crippen molar-refractivity contribution < 1.29 is 5.11 Å². The lowest BCUT2D eigenvalue weighted by molar-refractivity contribution is -0.0105. The average Bonchev–Trinajstić information content (AvgIpc) is 2.71. The fourth-order valence-electron chi connectivity index (χ4n) is 3.80. The van der Waals surface area contributed by atoms with Gasteiger partial charge in [-0.05, 0) is 49.6 Å². The van der Waals surface area contributed by atoms with E-state index in [4.69, 9.17) is 11.6 Å². The van der Waals surface area contributed by atoms with Crippen molar-refractivity contribution in [3.63, 3.8) is 0 Å². The van der Waals surface area contributed by atoms with Crippen LogP contribution in [-0.4, -0.2) is 49.0 Å². The summed E-state index contributed by atoms with van der Waals surface area (Å²) in [5.41, 5.74) is 2.44. The fraction of sp³-hybridized carbons (Fsp3) is 0.429. The zero-order valence-corrected chi connectivity index (χ0v) is 19.4. The first-order chi connectivity index (χ1) is 13.2. The Morgan fingerprint density at radius 1 is 1.00 bits per heavy atom. The minimum atomic E-state index is -0.321. The third-order valence-corrected chi connectivity index (χ3v) is 6.62. The molecule has 0 bridgehead atoms. The van der Waals surface area contributed by atoms with Gasteiger partial charge in [0.1, 0.15) is 6.23 Å². The van der Waals surface area contributed by atoms with E-state index in [2.05, 4.69) is 51.5 Å². The molecule has 0 aliphatic carbocycles. The van der Waals surface area contributed by atoms with Crippen molar-refractivity contribution >= 4 is 59.6 Å². The quantitative estimate of drug-likeness (QED) is 0.562. The van der Waals surface area contributed by atoms with Crippen LogP contribution in [0.2, 0.25) is 5.02 Å². The Morgan fingerprint density at radius 3 is 2.52 bits per heavy atom. The number of benzene rings is 2. The number of nitrogens with one attached hydrogen (secondary N) is 1. The van der Waals surface area contributed by atoms with Gasteiger partial charge in [0.15, 0.2) is 0 Å². The fourth-order valence-corrected chi connectivity index (χ4v) is 5.05. The molecule has 0 radical (unpaired) electrons. The minimum Gasteiger partial charge on any atom is -0.378 e. The topological polar surface area (TPSA) is 38.7 Å². The van der Waals surface area contributed by atoms with Gasteiger partial charge in [0, 0.05) is 47.5 Å². The number of hydrogen-bond acceptors (Lipinski definition) is 5. The molecular formula is C21H28Cl3N3OS. The molecule has 2 aliphatic rings. The van der Waals surface area contributed by atoms with Crippen molar-refractivity contribution in [2.75, 3.05) is 37.6 Å². The molecule has 2 aromatic carbocycles. The number of aliphatic hydroxyl groups is 1.